The summed E-state index contributed by atoms with van der Waals surface area (Å²) in [6, 6.07) is 17.5. The summed E-state index contributed by atoms with van der Waals surface area (Å²) in [6.07, 6.45) is 1.79. The fourth-order valence-electron chi connectivity index (χ4n) is 5.27. The molecule has 0 aliphatic carbocycles. The number of hydrogen-bond donors (Lipinski definition) is 0. The van der Waals surface area contributed by atoms with Crippen LogP contribution in [0.3, 0.4) is 0 Å². The SMILES string of the molecule is CCOC(=O)C1=C(C)N=c2s/c(=C\c3ccc(N(CC)CC)cc3OCc3ccc(Cl)cc3Cl)c(=O)n2[C@@H]1c1ccccc1Cl. The zero-order valence-electron chi connectivity index (χ0n) is 25.3. The third-order valence-corrected chi connectivity index (χ3v) is 9.44. The van der Waals surface area contributed by atoms with Crippen molar-refractivity contribution in [2.75, 3.05) is 24.6 Å². The van der Waals surface area contributed by atoms with Crippen molar-refractivity contribution in [2.45, 2.75) is 40.3 Å². The molecule has 3 aromatic carbocycles. The number of halogens is 3. The molecule has 0 spiro atoms. The maximum absolute atomic E-state index is 14.2. The van der Waals surface area contributed by atoms with Gasteiger partial charge in [-0.15, -0.1) is 0 Å². The van der Waals surface area contributed by atoms with E-state index in [0.29, 0.717) is 47.0 Å². The van der Waals surface area contributed by atoms with Crippen LogP contribution in [-0.2, 0) is 16.1 Å². The van der Waals surface area contributed by atoms with E-state index >= 15 is 0 Å². The molecule has 0 saturated heterocycles. The number of aromatic nitrogens is 1. The Hall–Kier alpha value is -3.56. The van der Waals surface area contributed by atoms with Crippen molar-refractivity contribution in [3.8, 4) is 5.75 Å². The monoisotopic (exact) mass is 683 g/mol. The average Bonchev–Trinajstić information content (AvgIpc) is 3.31. The van der Waals surface area contributed by atoms with Crippen LogP contribution in [0.4, 0.5) is 5.69 Å². The fourth-order valence-corrected chi connectivity index (χ4v) is 7.01. The van der Waals surface area contributed by atoms with Gasteiger partial charge in [0.2, 0.25) is 0 Å². The van der Waals surface area contributed by atoms with E-state index in [4.69, 9.17) is 44.3 Å². The number of esters is 1. The Labute approximate surface area is 280 Å². The highest BCUT2D eigenvalue weighted by Crippen LogP contribution is 2.35. The third-order valence-electron chi connectivity index (χ3n) is 7.53. The number of allylic oxidation sites excluding steroid dienone is 1. The van der Waals surface area contributed by atoms with Gasteiger partial charge in [0.1, 0.15) is 18.4 Å². The van der Waals surface area contributed by atoms with Gasteiger partial charge in [0.05, 0.1) is 22.4 Å². The van der Waals surface area contributed by atoms with E-state index in [1.165, 1.54) is 15.9 Å². The molecule has 0 unspecified atom stereocenters. The van der Waals surface area contributed by atoms with Gasteiger partial charge in [-0.1, -0.05) is 70.4 Å². The molecule has 0 amide bonds. The second-order valence-corrected chi connectivity index (χ2v) is 12.5. The number of benzene rings is 3. The van der Waals surface area contributed by atoms with Crippen molar-refractivity contribution in [1.82, 2.24) is 4.57 Å². The number of carbonyl (C=O) groups excluding carboxylic acids is 1. The van der Waals surface area contributed by atoms with E-state index in [-0.39, 0.29) is 24.3 Å². The van der Waals surface area contributed by atoms with Crippen molar-refractivity contribution in [3.05, 3.63) is 123 Å². The van der Waals surface area contributed by atoms with Gasteiger partial charge in [-0.3, -0.25) is 9.36 Å². The zero-order valence-corrected chi connectivity index (χ0v) is 28.4. The Morgan fingerprint density at radius 1 is 1.02 bits per heavy atom. The van der Waals surface area contributed by atoms with Gasteiger partial charge in [0, 0.05) is 51.0 Å². The molecule has 1 aliphatic rings. The van der Waals surface area contributed by atoms with Crippen LogP contribution in [-0.4, -0.2) is 30.2 Å². The molecular formula is C34H32Cl3N3O4S. The van der Waals surface area contributed by atoms with Crippen LogP contribution in [0.2, 0.25) is 15.1 Å². The first kappa shape index (κ1) is 32.8. The Kier molecular flexibility index (Phi) is 10.4. The van der Waals surface area contributed by atoms with Gasteiger partial charge in [-0.05, 0) is 69.7 Å². The Balaban J connectivity index is 1.65. The van der Waals surface area contributed by atoms with Gasteiger partial charge in [0.25, 0.3) is 5.56 Å². The Morgan fingerprint density at radius 3 is 2.47 bits per heavy atom. The van der Waals surface area contributed by atoms with Crippen molar-refractivity contribution in [1.29, 1.82) is 0 Å². The lowest BCUT2D eigenvalue weighted by Gasteiger charge is -2.25. The van der Waals surface area contributed by atoms with E-state index in [9.17, 15) is 9.59 Å². The van der Waals surface area contributed by atoms with Crippen LogP contribution >= 0.6 is 46.1 Å². The van der Waals surface area contributed by atoms with Crippen LogP contribution in [0, 0.1) is 0 Å². The second-order valence-electron chi connectivity index (χ2n) is 10.2. The highest BCUT2D eigenvalue weighted by Gasteiger charge is 2.34. The average molecular weight is 685 g/mol. The molecule has 11 heteroatoms. The summed E-state index contributed by atoms with van der Waals surface area (Å²) < 4.78 is 13.7. The number of rotatable bonds is 10. The second kappa shape index (κ2) is 14.3. The molecule has 2 heterocycles. The number of thiazole rings is 1. The summed E-state index contributed by atoms with van der Waals surface area (Å²) in [4.78, 5) is 34.7. The molecule has 1 aromatic heterocycles. The van der Waals surface area contributed by atoms with E-state index in [1.807, 2.05) is 36.4 Å². The number of nitrogens with zero attached hydrogens (tertiary/aromatic N) is 3. The summed E-state index contributed by atoms with van der Waals surface area (Å²) in [5, 5.41) is 1.47. The minimum Gasteiger partial charge on any atom is -0.488 e. The van der Waals surface area contributed by atoms with E-state index in [1.54, 1.807) is 44.2 Å². The molecule has 0 N–H and O–H groups in total. The van der Waals surface area contributed by atoms with Gasteiger partial charge >= 0.3 is 5.97 Å². The zero-order chi connectivity index (χ0) is 32.2. The number of ether oxygens (including phenoxy) is 2. The molecule has 5 rings (SSSR count). The molecular weight excluding hydrogens is 653 g/mol. The quantitative estimate of drug-likeness (QED) is 0.166. The summed E-state index contributed by atoms with van der Waals surface area (Å²) >= 11 is 20.4. The van der Waals surface area contributed by atoms with Gasteiger partial charge in [-0.25, -0.2) is 9.79 Å². The first-order valence-corrected chi connectivity index (χ1v) is 16.5. The molecule has 0 fully saturated rings. The van der Waals surface area contributed by atoms with Crippen molar-refractivity contribution >= 4 is 63.9 Å². The molecule has 4 aromatic rings. The lowest BCUT2D eigenvalue weighted by atomic mass is 9.96. The maximum atomic E-state index is 14.2. The highest BCUT2D eigenvalue weighted by atomic mass is 35.5. The number of fused-ring (bicyclic) bond motifs is 1. The van der Waals surface area contributed by atoms with Gasteiger partial charge in [-0.2, -0.15) is 0 Å². The minimum atomic E-state index is -0.802. The van der Waals surface area contributed by atoms with Crippen LogP contribution < -0.4 is 24.5 Å². The largest absolute Gasteiger partial charge is 0.488 e. The first-order valence-electron chi connectivity index (χ1n) is 14.6. The third kappa shape index (κ3) is 6.84. The van der Waals surface area contributed by atoms with Crippen LogP contribution in [0.15, 0.2) is 81.7 Å². The summed E-state index contributed by atoms with van der Waals surface area (Å²) in [5.74, 6) is 0.0452. The van der Waals surface area contributed by atoms with Crippen LogP contribution in [0.1, 0.15) is 50.4 Å². The molecule has 0 bridgehead atoms. The number of hydrogen-bond acceptors (Lipinski definition) is 7. The van der Waals surface area contributed by atoms with Crippen molar-refractivity contribution in [2.24, 2.45) is 4.99 Å². The van der Waals surface area contributed by atoms with Crippen LogP contribution in [0.25, 0.3) is 6.08 Å². The predicted octanol–water partition coefficient (Wildman–Crippen LogP) is 7.18. The molecule has 0 saturated carbocycles. The van der Waals surface area contributed by atoms with Crippen molar-refractivity contribution < 1.29 is 14.3 Å². The number of carbonyl (C=O) groups is 1. The molecule has 45 heavy (non-hydrogen) atoms. The summed E-state index contributed by atoms with van der Waals surface area (Å²) in [5.41, 5.74) is 3.52. The standard InChI is InChI=1S/C34H32Cl3N3O4S/c1-5-39(6-2)24-15-13-21(28(18-24)44-19-22-12-14-23(35)17-27(22)37)16-29-32(41)40-31(25-10-8-9-11-26(25)36)30(33(42)43-7-3)20(4)38-34(40)45-29/h8-18,31H,5-7,19H2,1-4H3/b29-16-/t31-/m1/s1. The maximum Gasteiger partial charge on any atom is 0.338 e. The summed E-state index contributed by atoms with van der Waals surface area (Å²) in [6.45, 7) is 9.69. The lowest BCUT2D eigenvalue weighted by Crippen LogP contribution is -2.40. The molecule has 0 radical (unpaired) electrons. The van der Waals surface area contributed by atoms with E-state index in [0.717, 1.165) is 24.3 Å². The Bertz CT molecular complexity index is 1960. The molecule has 1 atom stereocenters. The normalized spacial score (nSPS) is 14.6. The van der Waals surface area contributed by atoms with Gasteiger partial charge in [0.15, 0.2) is 4.80 Å². The van der Waals surface area contributed by atoms with Crippen LogP contribution in [0.5, 0.6) is 5.75 Å². The first-order chi connectivity index (χ1) is 21.7. The smallest absolute Gasteiger partial charge is 0.338 e. The topological polar surface area (TPSA) is 73.1 Å². The van der Waals surface area contributed by atoms with Crippen molar-refractivity contribution in [3.63, 3.8) is 0 Å². The Morgan fingerprint density at radius 2 is 1.78 bits per heavy atom. The summed E-state index contributed by atoms with van der Waals surface area (Å²) in [7, 11) is 0. The fraction of sp³-hybridized carbons (Fsp3) is 0.265. The molecule has 234 valence electrons. The van der Waals surface area contributed by atoms with E-state index in [2.05, 4.69) is 23.7 Å². The number of anilines is 1. The highest BCUT2D eigenvalue weighted by molar-refractivity contribution is 7.07. The molecule has 1 aliphatic heterocycles. The molecule has 7 nitrogen and oxygen atoms in total. The van der Waals surface area contributed by atoms with E-state index < -0.39 is 12.0 Å². The lowest BCUT2D eigenvalue weighted by molar-refractivity contribution is -0.139. The minimum absolute atomic E-state index is 0.183. The predicted molar refractivity (Wildman–Crippen MR) is 183 cm³/mol. The van der Waals surface area contributed by atoms with Gasteiger partial charge < -0.3 is 14.4 Å².